The molecule has 1 atom stereocenters. The summed E-state index contributed by atoms with van der Waals surface area (Å²) in [7, 11) is 0. The van der Waals surface area contributed by atoms with Crippen molar-refractivity contribution >= 4 is 11.8 Å². The fourth-order valence-electron chi connectivity index (χ4n) is 3.81. The van der Waals surface area contributed by atoms with Gasteiger partial charge in [-0.25, -0.2) is 0 Å². The third-order valence-corrected chi connectivity index (χ3v) is 4.64. The lowest BCUT2D eigenvalue weighted by molar-refractivity contribution is -0.139. The number of amides is 2. The summed E-state index contributed by atoms with van der Waals surface area (Å²) in [6, 6.07) is 4.52. The van der Waals surface area contributed by atoms with Gasteiger partial charge in [0.25, 0.3) is 11.8 Å². The number of hydrogen-bond acceptors (Lipinski definition) is 2. The summed E-state index contributed by atoms with van der Waals surface area (Å²) in [6.07, 6.45) is 8.94. The van der Waals surface area contributed by atoms with E-state index in [2.05, 4.69) is 26.0 Å². The molecule has 116 valence electrons. The van der Waals surface area contributed by atoms with Gasteiger partial charge >= 0.3 is 0 Å². The molecule has 1 aliphatic heterocycles. The molecule has 0 bridgehead atoms. The first-order valence-electron chi connectivity index (χ1n) is 8.35. The Kier molecular flexibility index (Phi) is 4.14. The second kappa shape index (κ2) is 6.07. The predicted octanol–water partition coefficient (Wildman–Crippen LogP) is 3.50. The van der Waals surface area contributed by atoms with Gasteiger partial charge in [0.1, 0.15) is 0 Å². The third-order valence-electron chi connectivity index (χ3n) is 4.64. The lowest BCUT2D eigenvalue weighted by Crippen LogP contribution is -2.33. The first-order valence-corrected chi connectivity index (χ1v) is 8.35. The molecule has 22 heavy (non-hydrogen) atoms. The fourth-order valence-corrected chi connectivity index (χ4v) is 3.81. The minimum absolute atomic E-state index is 0.0674. The number of fused-ring (bicyclic) bond motifs is 1. The van der Waals surface area contributed by atoms with Crippen molar-refractivity contribution in [1.82, 2.24) is 4.90 Å². The van der Waals surface area contributed by atoms with Crippen LogP contribution in [0.4, 0.5) is 0 Å². The van der Waals surface area contributed by atoms with E-state index in [-0.39, 0.29) is 17.9 Å². The Balaban J connectivity index is 2.01. The second-order valence-corrected chi connectivity index (χ2v) is 6.26. The molecule has 0 saturated carbocycles. The van der Waals surface area contributed by atoms with E-state index < -0.39 is 0 Å². The van der Waals surface area contributed by atoms with Gasteiger partial charge in [-0.2, -0.15) is 0 Å². The molecule has 1 aromatic carbocycles. The van der Waals surface area contributed by atoms with Gasteiger partial charge in [-0.1, -0.05) is 38.8 Å². The first kappa shape index (κ1) is 15.0. The maximum absolute atomic E-state index is 12.0. The Bertz CT molecular complexity index is 627. The predicted molar refractivity (Wildman–Crippen MR) is 86.5 cm³/mol. The van der Waals surface area contributed by atoms with Gasteiger partial charge in [0.15, 0.2) is 0 Å². The van der Waals surface area contributed by atoms with Crippen molar-refractivity contribution < 1.29 is 9.59 Å². The third kappa shape index (κ3) is 2.49. The summed E-state index contributed by atoms with van der Waals surface area (Å²) in [5, 5.41) is 0. The minimum Gasteiger partial charge on any atom is -0.269 e. The summed E-state index contributed by atoms with van der Waals surface area (Å²) >= 11 is 0. The quantitative estimate of drug-likeness (QED) is 0.780. The van der Waals surface area contributed by atoms with Crippen LogP contribution in [-0.4, -0.2) is 16.7 Å². The zero-order chi connectivity index (χ0) is 15.7. The zero-order valence-electron chi connectivity index (χ0n) is 13.4. The molecule has 2 aliphatic rings. The molecule has 0 spiro atoms. The van der Waals surface area contributed by atoms with E-state index in [0.29, 0.717) is 0 Å². The number of imide groups is 1. The number of carbonyl (C=O) groups is 2. The van der Waals surface area contributed by atoms with Crippen molar-refractivity contribution in [2.45, 2.75) is 58.4 Å². The molecule has 3 heteroatoms. The van der Waals surface area contributed by atoms with E-state index in [1.54, 1.807) is 0 Å². The molecule has 1 aromatic rings. The van der Waals surface area contributed by atoms with Crippen molar-refractivity contribution in [3.05, 3.63) is 46.5 Å². The number of benzene rings is 1. The smallest absolute Gasteiger partial charge is 0.254 e. The maximum Gasteiger partial charge on any atom is 0.254 e. The van der Waals surface area contributed by atoms with Gasteiger partial charge in [0.05, 0.1) is 6.04 Å². The number of aryl methyl sites for hydroxylation is 3. The standard InChI is InChI=1S/C19H23NO2/c1-3-5-13-11-14(6-4-2)19-15(12-13)7-8-16(19)20-17(21)9-10-18(20)22/h9-12,16H,3-8H2,1-2H3/t16-/m0/s1. The van der Waals surface area contributed by atoms with Crippen LogP contribution < -0.4 is 0 Å². The zero-order valence-corrected chi connectivity index (χ0v) is 13.4. The van der Waals surface area contributed by atoms with Crippen LogP contribution in [0.15, 0.2) is 24.3 Å². The highest BCUT2D eigenvalue weighted by molar-refractivity contribution is 6.13. The number of hydrogen-bond donors (Lipinski definition) is 0. The average molecular weight is 297 g/mol. The Labute approximate surface area is 132 Å². The molecule has 3 rings (SSSR count). The van der Waals surface area contributed by atoms with Crippen LogP contribution in [0, 0.1) is 0 Å². The van der Waals surface area contributed by atoms with Crippen molar-refractivity contribution in [2.24, 2.45) is 0 Å². The van der Waals surface area contributed by atoms with Gasteiger partial charge in [-0.3, -0.25) is 14.5 Å². The van der Waals surface area contributed by atoms with E-state index in [4.69, 9.17) is 0 Å². The molecular weight excluding hydrogens is 274 g/mol. The SMILES string of the molecule is CCCc1cc(CCC)c2c(c1)CC[C@@H]2N1C(=O)C=CC1=O. The van der Waals surface area contributed by atoms with Crippen LogP contribution in [0.5, 0.6) is 0 Å². The molecule has 0 fully saturated rings. The summed E-state index contributed by atoms with van der Waals surface area (Å²) in [5.41, 5.74) is 5.31. The molecule has 0 N–H and O–H groups in total. The van der Waals surface area contributed by atoms with Crippen molar-refractivity contribution in [1.29, 1.82) is 0 Å². The van der Waals surface area contributed by atoms with Crippen LogP contribution in [0.3, 0.4) is 0 Å². The first-order chi connectivity index (χ1) is 10.7. The van der Waals surface area contributed by atoms with Crippen molar-refractivity contribution in [3.63, 3.8) is 0 Å². The van der Waals surface area contributed by atoms with Crippen LogP contribution >= 0.6 is 0 Å². The van der Waals surface area contributed by atoms with E-state index >= 15 is 0 Å². The molecule has 1 heterocycles. The van der Waals surface area contributed by atoms with Crippen molar-refractivity contribution in [3.8, 4) is 0 Å². The van der Waals surface area contributed by atoms with E-state index in [1.165, 1.54) is 39.3 Å². The van der Waals surface area contributed by atoms with E-state index in [0.717, 1.165) is 38.5 Å². The summed E-state index contributed by atoms with van der Waals surface area (Å²) in [6.45, 7) is 4.37. The highest BCUT2D eigenvalue weighted by Crippen LogP contribution is 2.40. The Morgan fingerprint density at radius 2 is 1.73 bits per heavy atom. The van der Waals surface area contributed by atoms with E-state index in [9.17, 15) is 9.59 Å². The molecule has 2 amide bonds. The molecule has 3 nitrogen and oxygen atoms in total. The largest absolute Gasteiger partial charge is 0.269 e. The molecule has 0 unspecified atom stereocenters. The second-order valence-electron chi connectivity index (χ2n) is 6.26. The summed E-state index contributed by atoms with van der Waals surface area (Å²) < 4.78 is 0. The summed E-state index contributed by atoms with van der Waals surface area (Å²) in [4.78, 5) is 25.5. The molecule has 1 aliphatic carbocycles. The lowest BCUT2D eigenvalue weighted by Gasteiger charge is -2.25. The number of nitrogens with zero attached hydrogens (tertiary/aromatic N) is 1. The lowest BCUT2D eigenvalue weighted by atomic mass is 9.93. The Hall–Kier alpha value is -1.90. The minimum atomic E-state index is -0.164. The Morgan fingerprint density at radius 1 is 1.05 bits per heavy atom. The van der Waals surface area contributed by atoms with Gasteiger partial charge < -0.3 is 0 Å². The topological polar surface area (TPSA) is 37.4 Å². The van der Waals surface area contributed by atoms with Gasteiger partial charge in [0.2, 0.25) is 0 Å². The molecular formula is C19H23NO2. The van der Waals surface area contributed by atoms with Gasteiger partial charge in [0, 0.05) is 12.2 Å². The average Bonchev–Trinajstić information content (AvgIpc) is 3.03. The molecule has 0 saturated heterocycles. The highest BCUT2D eigenvalue weighted by Gasteiger charge is 2.37. The van der Waals surface area contributed by atoms with Crippen LogP contribution in [0.25, 0.3) is 0 Å². The van der Waals surface area contributed by atoms with Crippen LogP contribution in [0.1, 0.15) is 61.4 Å². The summed E-state index contributed by atoms with van der Waals surface area (Å²) in [5.74, 6) is -0.328. The maximum atomic E-state index is 12.0. The van der Waals surface area contributed by atoms with Crippen LogP contribution in [0.2, 0.25) is 0 Å². The monoisotopic (exact) mass is 297 g/mol. The fraction of sp³-hybridized carbons (Fsp3) is 0.474. The Morgan fingerprint density at radius 3 is 2.36 bits per heavy atom. The van der Waals surface area contributed by atoms with Crippen molar-refractivity contribution in [2.75, 3.05) is 0 Å². The van der Waals surface area contributed by atoms with Gasteiger partial charge in [-0.15, -0.1) is 0 Å². The van der Waals surface area contributed by atoms with E-state index in [1.807, 2.05) is 0 Å². The normalized spacial score (nSPS) is 20.1. The number of rotatable bonds is 5. The van der Waals surface area contributed by atoms with Gasteiger partial charge in [-0.05, 0) is 47.9 Å². The van der Waals surface area contributed by atoms with Crippen LogP contribution in [-0.2, 0) is 28.9 Å². The highest BCUT2D eigenvalue weighted by atomic mass is 16.2. The number of carbonyl (C=O) groups excluding carboxylic acids is 2. The molecule has 0 radical (unpaired) electrons. The molecule has 0 aromatic heterocycles.